The fourth-order valence-electron chi connectivity index (χ4n) is 1.35. The molecule has 0 aliphatic rings. The van der Waals surface area contributed by atoms with Gasteiger partial charge in [-0.15, -0.1) is 0 Å². The molecule has 0 aliphatic carbocycles. The Kier molecular flexibility index (Phi) is 3.48. The van der Waals surface area contributed by atoms with Crippen LogP contribution in [0.3, 0.4) is 0 Å². The third kappa shape index (κ3) is 2.68. The number of fused-ring (bicyclic) bond motifs is 1. The van der Waals surface area contributed by atoms with Crippen molar-refractivity contribution in [1.29, 1.82) is 0 Å². The average Bonchev–Trinajstić information content (AvgIpc) is 2.74. The van der Waals surface area contributed by atoms with Gasteiger partial charge in [-0.05, 0) is 6.92 Å². The molecule has 2 heterocycles. The van der Waals surface area contributed by atoms with E-state index in [1.54, 1.807) is 29.9 Å². The van der Waals surface area contributed by atoms with E-state index in [1.165, 1.54) is 11.8 Å². The standard InChI is InChI=1S/C10H12N4O2S/c1-2-16-8(15)6-17-10-9-12-3-4-14(9)5-7(11)13-10/h3-5H,2,6,11H2,1H3. The summed E-state index contributed by atoms with van der Waals surface area (Å²) >= 11 is 1.27. The van der Waals surface area contributed by atoms with Crippen molar-refractivity contribution < 1.29 is 9.53 Å². The van der Waals surface area contributed by atoms with E-state index in [0.29, 0.717) is 23.1 Å². The van der Waals surface area contributed by atoms with Gasteiger partial charge in [0, 0.05) is 12.4 Å². The number of carbonyl (C=O) groups is 1. The number of thioether (sulfide) groups is 1. The summed E-state index contributed by atoms with van der Waals surface area (Å²) in [6.07, 6.45) is 5.11. The van der Waals surface area contributed by atoms with E-state index in [1.807, 2.05) is 0 Å². The van der Waals surface area contributed by atoms with Crippen LogP contribution in [0.25, 0.3) is 5.65 Å². The minimum absolute atomic E-state index is 0.201. The van der Waals surface area contributed by atoms with E-state index in [-0.39, 0.29) is 11.7 Å². The number of nitrogens with zero attached hydrogens (tertiary/aromatic N) is 3. The van der Waals surface area contributed by atoms with Gasteiger partial charge in [-0.2, -0.15) is 0 Å². The van der Waals surface area contributed by atoms with Gasteiger partial charge < -0.3 is 14.9 Å². The lowest BCUT2D eigenvalue weighted by Crippen LogP contribution is -2.07. The number of aromatic nitrogens is 3. The van der Waals surface area contributed by atoms with Crippen LogP contribution < -0.4 is 5.73 Å². The van der Waals surface area contributed by atoms with Gasteiger partial charge in [-0.3, -0.25) is 4.79 Å². The van der Waals surface area contributed by atoms with Gasteiger partial charge in [0.1, 0.15) is 10.8 Å². The first kappa shape index (κ1) is 11.7. The molecule has 0 aliphatic heterocycles. The molecular weight excluding hydrogens is 240 g/mol. The normalized spacial score (nSPS) is 10.6. The molecule has 0 unspecified atom stereocenters. The number of hydrogen-bond acceptors (Lipinski definition) is 6. The summed E-state index contributed by atoms with van der Waals surface area (Å²) in [4.78, 5) is 19.6. The summed E-state index contributed by atoms with van der Waals surface area (Å²) in [5, 5.41) is 0.628. The monoisotopic (exact) mass is 252 g/mol. The SMILES string of the molecule is CCOC(=O)CSc1nc(N)cn2ccnc12. The molecule has 6 nitrogen and oxygen atoms in total. The largest absolute Gasteiger partial charge is 0.465 e. The molecule has 2 aromatic heterocycles. The zero-order chi connectivity index (χ0) is 12.3. The maximum absolute atomic E-state index is 11.2. The molecule has 2 N–H and O–H groups in total. The zero-order valence-corrected chi connectivity index (χ0v) is 10.1. The van der Waals surface area contributed by atoms with E-state index in [2.05, 4.69) is 9.97 Å². The molecule has 0 amide bonds. The van der Waals surface area contributed by atoms with Crippen LogP contribution in [0.15, 0.2) is 23.6 Å². The second kappa shape index (κ2) is 5.05. The third-order valence-electron chi connectivity index (χ3n) is 1.99. The topological polar surface area (TPSA) is 82.5 Å². The number of rotatable bonds is 4. The quantitative estimate of drug-likeness (QED) is 0.645. The Balaban J connectivity index is 2.17. The van der Waals surface area contributed by atoms with Gasteiger partial charge in [0.05, 0.1) is 18.6 Å². The second-order valence-electron chi connectivity index (χ2n) is 3.22. The number of anilines is 1. The fraction of sp³-hybridized carbons (Fsp3) is 0.300. The summed E-state index contributed by atoms with van der Waals surface area (Å²) in [6.45, 7) is 2.15. The lowest BCUT2D eigenvalue weighted by Gasteiger charge is -2.04. The number of imidazole rings is 1. The van der Waals surface area contributed by atoms with Crippen molar-refractivity contribution in [2.45, 2.75) is 11.9 Å². The van der Waals surface area contributed by atoms with Crippen molar-refractivity contribution in [1.82, 2.24) is 14.4 Å². The number of ether oxygens (including phenoxy) is 1. The lowest BCUT2D eigenvalue weighted by atomic mass is 10.6. The summed E-state index contributed by atoms with van der Waals surface area (Å²) < 4.78 is 6.62. The summed E-state index contributed by atoms with van der Waals surface area (Å²) in [5.74, 6) is 0.320. The molecule has 0 spiro atoms. The smallest absolute Gasteiger partial charge is 0.316 e. The summed E-state index contributed by atoms with van der Waals surface area (Å²) in [5.41, 5.74) is 6.35. The Bertz CT molecular complexity index is 540. The average molecular weight is 252 g/mol. The molecule has 0 atom stereocenters. The van der Waals surface area contributed by atoms with E-state index in [4.69, 9.17) is 10.5 Å². The maximum atomic E-state index is 11.2. The number of nitrogen functional groups attached to an aromatic ring is 1. The summed E-state index contributed by atoms with van der Waals surface area (Å²) in [6, 6.07) is 0. The minimum Gasteiger partial charge on any atom is -0.465 e. The maximum Gasteiger partial charge on any atom is 0.316 e. The van der Waals surface area contributed by atoms with Gasteiger partial charge in [0.2, 0.25) is 0 Å². The number of carbonyl (C=O) groups excluding carboxylic acids is 1. The van der Waals surface area contributed by atoms with E-state index in [9.17, 15) is 4.79 Å². The minimum atomic E-state index is -0.272. The van der Waals surface area contributed by atoms with Crippen LogP contribution in [0, 0.1) is 0 Å². The molecule has 2 rings (SSSR count). The highest BCUT2D eigenvalue weighted by molar-refractivity contribution is 8.00. The molecule has 0 saturated heterocycles. The molecule has 0 aromatic carbocycles. The van der Waals surface area contributed by atoms with E-state index < -0.39 is 0 Å². The highest BCUT2D eigenvalue weighted by atomic mass is 32.2. The molecular formula is C10H12N4O2S. The Morgan fingerprint density at radius 2 is 2.47 bits per heavy atom. The predicted molar refractivity (Wildman–Crippen MR) is 64.8 cm³/mol. The first-order chi connectivity index (χ1) is 8.20. The number of esters is 1. The Morgan fingerprint density at radius 1 is 1.65 bits per heavy atom. The highest BCUT2D eigenvalue weighted by Crippen LogP contribution is 2.21. The van der Waals surface area contributed by atoms with Crippen molar-refractivity contribution in [3.63, 3.8) is 0 Å². The second-order valence-corrected chi connectivity index (χ2v) is 4.19. The molecule has 0 saturated carbocycles. The molecule has 2 aromatic rings. The molecule has 0 fully saturated rings. The molecule has 0 bridgehead atoms. The van der Waals surface area contributed by atoms with E-state index in [0.717, 1.165) is 0 Å². The molecule has 0 radical (unpaired) electrons. The first-order valence-electron chi connectivity index (χ1n) is 5.08. The van der Waals surface area contributed by atoms with Crippen molar-refractivity contribution >= 4 is 29.2 Å². The predicted octanol–water partition coefficient (Wildman–Crippen LogP) is 0.967. The van der Waals surface area contributed by atoms with Crippen molar-refractivity contribution in [3.05, 3.63) is 18.6 Å². The van der Waals surface area contributed by atoms with Crippen LogP contribution in [-0.2, 0) is 9.53 Å². The Labute approximate surface area is 102 Å². The van der Waals surface area contributed by atoms with Crippen LogP contribution in [0.1, 0.15) is 6.92 Å². The van der Waals surface area contributed by atoms with Gasteiger partial charge >= 0.3 is 5.97 Å². The third-order valence-corrected chi connectivity index (χ3v) is 2.92. The molecule has 7 heteroatoms. The molecule has 90 valence electrons. The van der Waals surface area contributed by atoms with Gasteiger partial charge in [0.15, 0.2) is 5.65 Å². The van der Waals surface area contributed by atoms with Crippen molar-refractivity contribution in [2.24, 2.45) is 0 Å². The molecule has 17 heavy (non-hydrogen) atoms. The van der Waals surface area contributed by atoms with Crippen molar-refractivity contribution in [2.75, 3.05) is 18.1 Å². The number of nitrogens with two attached hydrogens (primary N) is 1. The Hall–Kier alpha value is -1.76. The van der Waals surface area contributed by atoms with Crippen LogP contribution in [0.5, 0.6) is 0 Å². The first-order valence-corrected chi connectivity index (χ1v) is 6.07. The van der Waals surface area contributed by atoms with Crippen LogP contribution in [-0.4, -0.2) is 32.7 Å². The summed E-state index contributed by atoms with van der Waals surface area (Å²) in [7, 11) is 0. The van der Waals surface area contributed by atoms with Crippen LogP contribution in [0.2, 0.25) is 0 Å². The van der Waals surface area contributed by atoms with Crippen molar-refractivity contribution in [3.8, 4) is 0 Å². The van der Waals surface area contributed by atoms with Crippen LogP contribution >= 0.6 is 11.8 Å². The van der Waals surface area contributed by atoms with Gasteiger partial charge in [-0.1, -0.05) is 11.8 Å². The van der Waals surface area contributed by atoms with Crippen LogP contribution in [0.4, 0.5) is 5.82 Å². The van der Waals surface area contributed by atoms with E-state index >= 15 is 0 Å². The zero-order valence-electron chi connectivity index (χ0n) is 9.29. The fourth-order valence-corrected chi connectivity index (χ4v) is 2.14. The number of hydrogen-bond donors (Lipinski definition) is 1. The van der Waals surface area contributed by atoms with Gasteiger partial charge in [-0.25, -0.2) is 9.97 Å². The Morgan fingerprint density at radius 3 is 3.24 bits per heavy atom. The lowest BCUT2D eigenvalue weighted by molar-refractivity contribution is -0.139. The van der Waals surface area contributed by atoms with Gasteiger partial charge in [0.25, 0.3) is 0 Å². The highest BCUT2D eigenvalue weighted by Gasteiger charge is 2.10.